The van der Waals surface area contributed by atoms with Gasteiger partial charge in [-0.3, -0.25) is 14.6 Å². The number of hydrogen-bond donors (Lipinski definition) is 1. The largest absolute Gasteiger partial charge is 0.486 e. The number of nitrogens with zero attached hydrogens (tertiary/aromatic N) is 1. The van der Waals surface area contributed by atoms with Crippen LogP contribution >= 0.6 is 0 Å². The highest BCUT2D eigenvalue weighted by Gasteiger charge is 2.16. The molecular formula is C19H20N2O4. The van der Waals surface area contributed by atoms with E-state index in [0.29, 0.717) is 30.3 Å². The van der Waals surface area contributed by atoms with Crippen LogP contribution in [0.2, 0.25) is 0 Å². The van der Waals surface area contributed by atoms with Crippen molar-refractivity contribution in [3.05, 3.63) is 53.9 Å². The highest BCUT2D eigenvalue weighted by Crippen LogP contribution is 2.31. The summed E-state index contributed by atoms with van der Waals surface area (Å²) in [6.07, 6.45) is 3.68. The lowest BCUT2D eigenvalue weighted by molar-refractivity contribution is -0.121. The summed E-state index contributed by atoms with van der Waals surface area (Å²) in [6, 6.07) is 8.68. The number of benzene rings is 1. The first-order valence-electron chi connectivity index (χ1n) is 8.25. The lowest BCUT2D eigenvalue weighted by atomic mass is 10.0. The van der Waals surface area contributed by atoms with E-state index in [2.05, 4.69) is 10.3 Å². The SMILES string of the molecule is C[C@H](NC(=O)CCC(=O)c1ccc2c(c1)OCCO2)c1cccnc1. The maximum Gasteiger partial charge on any atom is 0.220 e. The Morgan fingerprint density at radius 1 is 1.16 bits per heavy atom. The highest BCUT2D eigenvalue weighted by atomic mass is 16.6. The van der Waals surface area contributed by atoms with Crippen molar-refractivity contribution in [2.45, 2.75) is 25.8 Å². The third-order valence-electron chi connectivity index (χ3n) is 4.01. The number of hydrogen-bond acceptors (Lipinski definition) is 5. The molecule has 1 atom stereocenters. The fourth-order valence-corrected chi connectivity index (χ4v) is 2.62. The molecule has 2 aromatic rings. The van der Waals surface area contributed by atoms with Crippen LogP contribution in [0, 0.1) is 0 Å². The van der Waals surface area contributed by atoms with Crippen molar-refractivity contribution in [1.29, 1.82) is 0 Å². The number of ether oxygens (including phenoxy) is 2. The van der Waals surface area contributed by atoms with Crippen LogP contribution in [0.25, 0.3) is 0 Å². The van der Waals surface area contributed by atoms with Crippen LogP contribution in [-0.2, 0) is 4.79 Å². The first-order valence-corrected chi connectivity index (χ1v) is 8.25. The van der Waals surface area contributed by atoms with E-state index in [-0.39, 0.29) is 30.6 Å². The molecule has 1 amide bonds. The van der Waals surface area contributed by atoms with Gasteiger partial charge in [0, 0.05) is 30.8 Å². The fourth-order valence-electron chi connectivity index (χ4n) is 2.62. The second kappa shape index (κ2) is 7.79. The number of Topliss-reactive ketones (excluding diaryl/α,β-unsaturated/α-hetero) is 1. The monoisotopic (exact) mass is 340 g/mol. The minimum atomic E-state index is -0.165. The summed E-state index contributed by atoms with van der Waals surface area (Å²) in [5.74, 6) is 0.959. The average molecular weight is 340 g/mol. The number of amides is 1. The van der Waals surface area contributed by atoms with Crippen molar-refractivity contribution in [2.24, 2.45) is 0 Å². The molecule has 0 fully saturated rings. The van der Waals surface area contributed by atoms with Gasteiger partial charge in [0.15, 0.2) is 17.3 Å². The zero-order valence-corrected chi connectivity index (χ0v) is 14.0. The van der Waals surface area contributed by atoms with Crippen LogP contribution in [0.15, 0.2) is 42.7 Å². The smallest absolute Gasteiger partial charge is 0.220 e. The number of ketones is 1. The van der Waals surface area contributed by atoms with Gasteiger partial charge >= 0.3 is 0 Å². The van der Waals surface area contributed by atoms with Gasteiger partial charge in [-0.15, -0.1) is 0 Å². The number of rotatable bonds is 6. The molecule has 1 aromatic heterocycles. The molecule has 0 unspecified atom stereocenters. The molecule has 1 aliphatic rings. The first kappa shape index (κ1) is 17.0. The predicted octanol–water partition coefficient (Wildman–Crippen LogP) is 2.69. The van der Waals surface area contributed by atoms with Crippen LogP contribution in [0.1, 0.15) is 41.7 Å². The number of carbonyl (C=O) groups excluding carboxylic acids is 2. The van der Waals surface area contributed by atoms with Crippen molar-refractivity contribution in [3.63, 3.8) is 0 Å². The quantitative estimate of drug-likeness (QED) is 0.818. The minimum Gasteiger partial charge on any atom is -0.486 e. The second-order valence-electron chi connectivity index (χ2n) is 5.86. The molecule has 130 valence electrons. The summed E-state index contributed by atoms with van der Waals surface area (Å²) in [6.45, 7) is 2.87. The van der Waals surface area contributed by atoms with Gasteiger partial charge in [0.2, 0.25) is 5.91 Å². The number of carbonyl (C=O) groups is 2. The lowest BCUT2D eigenvalue weighted by Gasteiger charge is -2.18. The summed E-state index contributed by atoms with van der Waals surface area (Å²) >= 11 is 0. The van der Waals surface area contributed by atoms with E-state index in [1.54, 1.807) is 30.6 Å². The summed E-state index contributed by atoms with van der Waals surface area (Å²) in [5, 5.41) is 2.88. The van der Waals surface area contributed by atoms with Gasteiger partial charge in [-0.25, -0.2) is 0 Å². The maximum absolute atomic E-state index is 12.3. The van der Waals surface area contributed by atoms with Crippen LogP contribution in [-0.4, -0.2) is 29.9 Å². The zero-order valence-electron chi connectivity index (χ0n) is 14.0. The van der Waals surface area contributed by atoms with Gasteiger partial charge < -0.3 is 14.8 Å². The predicted molar refractivity (Wildman–Crippen MR) is 91.8 cm³/mol. The molecule has 3 rings (SSSR count). The van der Waals surface area contributed by atoms with Crippen molar-refractivity contribution in [1.82, 2.24) is 10.3 Å². The van der Waals surface area contributed by atoms with Crippen molar-refractivity contribution < 1.29 is 19.1 Å². The number of pyridine rings is 1. The Morgan fingerprint density at radius 2 is 1.96 bits per heavy atom. The Bertz CT molecular complexity index is 761. The van der Waals surface area contributed by atoms with Crippen LogP contribution in [0.5, 0.6) is 11.5 Å². The van der Waals surface area contributed by atoms with Crippen LogP contribution < -0.4 is 14.8 Å². The Kier molecular flexibility index (Phi) is 5.28. The Morgan fingerprint density at radius 3 is 2.72 bits per heavy atom. The number of aromatic nitrogens is 1. The molecule has 2 heterocycles. The van der Waals surface area contributed by atoms with E-state index in [1.807, 2.05) is 19.1 Å². The van der Waals surface area contributed by atoms with Gasteiger partial charge in [-0.05, 0) is 36.8 Å². The molecule has 0 saturated heterocycles. The molecule has 6 heteroatoms. The van der Waals surface area contributed by atoms with E-state index in [1.165, 1.54) is 0 Å². The highest BCUT2D eigenvalue weighted by molar-refractivity contribution is 5.98. The molecule has 0 spiro atoms. The van der Waals surface area contributed by atoms with Gasteiger partial charge in [-0.2, -0.15) is 0 Å². The Labute approximate surface area is 146 Å². The molecule has 0 radical (unpaired) electrons. The molecule has 0 saturated carbocycles. The lowest BCUT2D eigenvalue weighted by Crippen LogP contribution is -2.27. The first-order chi connectivity index (χ1) is 12.1. The molecule has 1 aromatic carbocycles. The normalized spacial score (nSPS) is 13.8. The van der Waals surface area contributed by atoms with E-state index in [9.17, 15) is 9.59 Å². The van der Waals surface area contributed by atoms with Crippen molar-refractivity contribution in [2.75, 3.05) is 13.2 Å². The molecule has 0 aliphatic carbocycles. The Hall–Kier alpha value is -2.89. The third kappa shape index (κ3) is 4.35. The zero-order chi connectivity index (χ0) is 17.6. The van der Waals surface area contributed by atoms with E-state index in [0.717, 1.165) is 5.56 Å². The molecule has 1 aliphatic heterocycles. The summed E-state index contributed by atoms with van der Waals surface area (Å²) in [4.78, 5) is 28.4. The van der Waals surface area contributed by atoms with Gasteiger partial charge in [0.25, 0.3) is 0 Å². The minimum absolute atomic E-state index is 0.0962. The average Bonchev–Trinajstić information content (AvgIpc) is 2.66. The van der Waals surface area contributed by atoms with E-state index < -0.39 is 0 Å². The van der Waals surface area contributed by atoms with E-state index >= 15 is 0 Å². The molecular weight excluding hydrogens is 320 g/mol. The van der Waals surface area contributed by atoms with Crippen LogP contribution in [0.4, 0.5) is 0 Å². The number of nitrogens with one attached hydrogen (secondary N) is 1. The van der Waals surface area contributed by atoms with Crippen molar-refractivity contribution >= 4 is 11.7 Å². The summed E-state index contributed by atoms with van der Waals surface area (Å²) in [7, 11) is 0. The topological polar surface area (TPSA) is 77.5 Å². The third-order valence-corrected chi connectivity index (χ3v) is 4.01. The maximum atomic E-state index is 12.3. The van der Waals surface area contributed by atoms with Gasteiger partial charge in [-0.1, -0.05) is 6.07 Å². The standard InChI is InChI=1S/C19H20N2O4/c1-13(15-3-2-8-20-12-15)21-19(23)7-5-16(22)14-4-6-17-18(11-14)25-10-9-24-17/h2-4,6,8,11-13H,5,7,9-10H2,1H3,(H,21,23)/t13-/m0/s1. The summed E-state index contributed by atoms with van der Waals surface area (Å²) < 4.78 is 10.9. The molecule has 0 bridgehead atoms. The fraction of sp³-hybridized carbons (Fsp3) is 0.316. The molecule has 1 N–H and O–H groups in total. The van der Waals surface area contributed by atoms with Crippen LogP contribution in [0.3, 0.4) is 0 Å². The summed E-state index contributed by atoms with van der Waals surface area (Å²) in [5.41, 5.74) is 1.45. The second-order valence-corrected chi connectivity index (χ2v) is 5.86. The van der Waals surface area contributed by atoms with Crippen molar-refractivity contribution in [3.8, 4) is 11.5 Å². The van der Waals surface area contributed by atoms with Gasteiger partial charge in [0.1, 0.15) is 13.2 Å². The van der Waals surface area contributed by atoms with Gasteiger partial charge in [0.05, 0.1) is 6.04 Å². The number of fused-ring (bicyclic) bond motifs is 1. The molecule has 6 nitrogen and oxygen atoms in total. The van der Waals surface area contributed by atoms with E-state index in [4.69, 9.17) is 9.47 Å². The molecule has 25 heavy (non-hydrogen) atoms. The Balaban J connectivity index is 1.52.